The Bertz CT molecular complexity index is 1000. The lowest BCUT2D eigenvalue weighted by Gasteiger charge is -2.13. The SMILES string of the molecule is CCC(CC)n1c(=O)n(Cc2c(C)ncn2C)c2cc(C(=O)O)cnc21. The zero-order valence-corrected chi connectivity index (χ0v) is 15.4. The Labute approximate surface area is 150 Å². The van der Waals surface area contributed by atoms with Gasteiger partial charge in [0.15, 0.2) is 5.65 Å². The van der Waals surface area contributed by atoms with E-state index in [0.717, 1.165) is 24.2 Å². The summed E-state index contributed by atoms with van der Waals surface area (Å²) in [6.45, 7) is 6.26. The molecule has 3 aromatic rings. The highest BCUT2D eigenvalue weighted by atomic mass is 16.4. The number of pyridine rings is 1. The number of aryl methyl sites for hydroxylation is 2. The average molecular weight is 357 g/mol. The Balaban J connectivity index is 2.29. The first-order valence-electron chi connectivity index (χ1n) is 8.69. The van der Waals surface area contributed by atoms with E-state index in [1.54, 1.807) is 15.5 Å². The Morgan fingerprint density at radius 1 is 1.27 bits per heavy atom. The van der Waals surface area contributed by atoms with Crippen molar-refractivity contribution >= 4 is 17.1 Å². The van der Waals surface area contributed by atoms with Crippen molar-refractivity contribution in [2.45, 2.75) is 46.2 Å². The van der Waals surface area contributed by atoms with Gasteiger partial charge in [-0.05, 0) is 25.8 Å². The highest BCUT2D eigenvalue weighted by Gasteiger charge is 2.22. The summed E-state index contributed by atoms with van der Waals surface area (Å²) in [6.07, 6.45) is 4.60. The van der Waals surface area contributed by atoms with E-state index in [0.29, 0.717) is 17.7 Å². The van der Waals surface area contributed by atoms with E-state index in [9.17, 15) is 14.7 Å². The van der Waals surface area contributed by atoms with Crippen molar-refractivity contribution in [3.63, 3.8) is 0 Å². The second-order valence-corrected chi connectivity index (χ2v) is 6.47. The number of imidazole rings is 2. The number of aromatic carboxylic acids is 1. The monoisotopic (exact) mass is 357 g/mol. The molecule has 0 spiro atoms. The van der Waals surface area contributed by atoms with Gasteiger partial charge >= 0.3 is 11.7 Å². The number of carboxylic acid groups (broad SMARTS) is 1. The summed E-state index contributed by atoms with van der Waals surface area (Å²) in [5.41, 5.74) is 2.68. The molecule has 1 N–H and O–H groups in total. The summed E-state index contributed by atoms with van der Waals surface area (Å²) in [7, 11) is 1.88. The zero-order chi connectivity index (χ0) is 19.0. The molecule has 0 atom stereocenters. The molecule has 0 saturated heterocycles. The molecule has 0 radical (unpaired) electrons. The molecule has 0 bridgehead atoms. The summed E-state index contributed by atoms with van der Waals surface area (Å²) >= 11 is 0. The highest BCUT2D eigenvalue weighted by Crippen LogP contribution is 2.22. The third-order valence-corrected chi connectivity index (χ3v) is 4.93. The number of aromatic nitrogens is 5. The lowest BCUT2D eigenvalue weighted by atomic mass is 10.1. The summed E-state index contributed by atoms with van der Waals surface area (Å²) in [6, 6.07) is 1.54. The van der Waals surface area contributed by atoms with Crippen molar-refractivity contribution in [2.24, 2.45) is 7.05 Å². The molecular weight excluding hydrogens is 334 g/mol. The fraction of sp³-hybridized carbons (Fsp3) is 0.444. The average Bonchev–Trinajstić information content (AvgIpc) is 3.08. The van der Waals surface area contributed by atoms with Crippen LogP contribution in [0.3, 0.4) is 0 Å². The Morgan fingerprint density at radius 3 is 2.50 bits per heavy atom. The fourth-order valence-corrected chi connectivity index (χ4v) is 3.35. The smallest absolute Gasteiger partial charge is 0.337 e. The number of hydrogen-bond acceptors (Lipinski definition) is 4. The number of nitrogens with zero attached hydrogens (tertiary/aromatic N) is 5. The topological polar surface area (TPSA) is 94.9 Å². The molecule has 8 heteroatoms. The zero-order valence-electron chi connectivity index (χ0n) is 15.4. The number of hydrogen-bond donors (Lipinski definition) is 1. The van der Waals surface area contributed by atoms with Crippen LogP contribution in [0.25, 0.3) is 11.2 Å². The molecule has 3 aromatic heterocycles. The maximum absolute atomic E-state index is 13.2. The maximum Gasteiger partial charge on any atom is 0.337 e. The summed E-state index contributed by atoms with van der Waals surface area (Å²) in [5.74, 6) is -1.06. The van der Waals surface area contributed by atoms with Crippen LogP contribution in [-0.4, -0.2) is 34.7 Å². The van der Waals surface area contributed by atoms with Gasteiger partial charge in [0.25, 0.3) is 0 Å². The van der Waals surface area contributed by atoms with E-state index in [4.69, 9.17) is 0 Å². The van der Waals surface area contributed by atoms with Gasteiger partial charge in [-0.2, -0.15) is 0 Å². The molecule has 0 aromatic carbocycles. The summed E-state index contributed by atoms with van der Waals surface area (Å²) in [4.78, 5) is 33.1. The first-order chi connectivity index (χ1) is 12.4. The second-order valence-electron chi connectivity index (χ2n) is 6.47. The van der Waals surface area contributed by atoms with Crippen LogP contribution in [0, 0.1) is 6.92 Å². The first kappa shape index (κ1) is 17.9. The minimum absolute atomic E-state index is 0.0158. The van der Waals surface area contributed by atoms with E-state index >= 15 is 0 Å². The lowest BCUT2D eigenvalue weighted by molar-refractivity contribution is 0.0696. The number of carbonyl (C=O) groups is 1. The molecule has 0 aliphatic heterocycles. The molecule has 138 valence electrons. The summed E-state index contributed by atoms with van der Waals surface area (Å²) < 4.78 is 5.15. The fourth-order valence-electron chi connectivity index (χ4n) is 3.35. The molecule has 0 unspecified atom stereocenters. The van der Waals surface area contributed by atoms with E-state index in [2.05, 4.69) is 9.97 Å². The molecule has 3 rings (SSSR count). The standard InChI is InChI=1S/C18H23N5O3/c1-5-13(6-2)23-16-14(7-12(8-19-16)17(24)25)22(18(23)26)9-15-11(3)20-10-21(15)4/h7-8,10,13H,5-6,9H2,1-4H3,(H,24,25). The van der Waals surface area contributed by atoms with E-state index in [1.807, 2.05) is 32.4 Å². The van der Waals surface area contributed by atoms with Crippen molar-refractivity contribution in [1.82, 2.24) is 23.7 Å². The molecule has 0 saturated carbocycles. The van der Waals surface area contributed by atoms with Crippen LogP contribution in [0.1, 0.15) is 54.5 Å². The van der Waals surface area contributed by atoms with E-state index in [-0.39, 0.29) is 17.3 Å². The van der Waals surface area contributed by atoms with Gasteiger partial charge in [-0.1, -0.05) is 13.8 Å². The minimum atomic E-state index is -1.06. The lowest BCUT2D eigenvalue weighted by Crippen LogP contribution is -2.28. The second kappa shape index (κ2) is 6.78. The van der Waals surface area contributed by atoms with Crippen LogP contribution < -0.4 is 5.69 Å². The highest BCUT2D eigenvalue weighted by molar-refractivity contribution is 5.91. The molecule has 0 fully saturated rings. The third kappa shape index (κ3) is 2.81. The maximum atomic E-state index is 13.2. The summed E-state index contributed by atoms with van der Waals surface area (Å²) in [5, 5.41) is 9.31. The minimum Gasteiger partial charge on any atom is -0.478 e. The van der Waals surface area contributed by atoms with Crippen LogP contribution in [0.15, 0.2) is 23.4 Å². The van der Waals surface area contributed by atoms with E-state index < -0.39 is 5.97 Å². The van der Waals surface area contributed by atoms with Gasteiger partial charge in [-0.15, -0.1) is 0 Å². The molecule has 3 heterocycles. The van der Waals surface area contributed by atoms with Gasteiger partial charge < -0.3 is 9.67 Å². The van der Waals surface area contributed by atoms with Crippen LogP contribution in [0.2, 0.25) is 0 Å². The van der Waals surface area contributed by atoms with Crippen LogP contribution in [-0.2, 0) is 13.6 Å². The Kier molecular flexibility index (Phi) is 4.67. The molecule has 0 aliphatic carbocycles. The van der Waals surface area contributed by atoms with Gasteiger partial charge in [0.2, 0.25) is 0 Å². The predicted molar refractivity (Wildman–Crippen MR) is 97.6 cm³/mol. The number of rotatable bonds is 6. The van der Waals surface area contributed by atoms with Gasteiger partial charge in [-0.3, -0.25) is 9.13 Å². The van der Waals surface area contributed by atoms with Crippen molar-refractivity contribution < 1.29 is 9.90 Å². The van der Waals surface area contributed by atoms with Gasteiger partial charge in [0.1, 0.15) is 0 Å². The van der Waals surface area contributed by atoms with Crippen molar-refractivity contribution in [3.05, 3.63) is 46.0 Å². The Morgan fingerprint density at radius 2 is 1.96 bits per heavy atom. The van der Waals surface area contributed by atoms with Gasteiger partial charge in [0.05, 0.1) is 35.3 Å². The molecule has 0 amide bonds. The largest absolute Gasteiger partial charge is 0.478 e. The van der Waals surface area contributed by atoms with Gasteiger partial charge in [0, 0.05) is 19.3 Å². The van der Waals surface area contributed by atoms with Gasteiger partial charge in [-0.25, -0.2) is 19.6 Å². The van der Waals surface area contributed by atoms with E-state index in [1.165, 1.54) is 12.3 Å². The molecular formula is C18H23N5O3. The number of fused-ring (bicyclic) bond motifs is 1. The van der Waals surface area contributed by atoms with Crippen LogP contribution >= 0.6 is 0 Å². The predicted octanol–water partition coefficient (Wildman–Crippen LogP) is 2.35. The van der Waals surface area contributed by atoms with Crippen LogP contribution in [0.4, 0.5) is 0 Å². The Hall–Kier alpha value is -2.90. The third-order valence-electron chi connectivity index (χ3n) is 4.93. The van der Waals surface area contributed by atoms with Crippen molar-refractivity contribution in [2.75, 3.05) is 0 Å². The normalized spacial score (nSPS) is 11.6. The number of carboxylic acids is 1. The van der Waals surface area contributed by atoms with Crippen LogP contribution in [0.5, 0.6) is 0 Å². The van der Waals surface area contributed by atoms with Crippen molar-refractivity contribution in [1.29, 1.82) is 0 Å². The molecule has 0 aliphatic rings. The van der Waals surface area contributed by atoms with Crippen molar-refractivity contribution in [3.8, 4) is 0 Å². The first-order valence-corrected chi connectivity index (χ1v) is 8.69. The molecule has 8 nitrogen and oxygen atoms in total. The molecule has 26 heavy (non-hydrogen) atoms. The quantitative estimate of drug-likeness (QED) is 0.731.